The summed E-state index contributed by atoms with van der Waals surface area (Å²) in [5, 5.41) is 4.13. The molecule has 0 atom stereocenters. The molecule has 1 aliphatic heterocycles. The van der Waals surface area contributed by atoms with Crippen molar-refractivity contribution < 1.29 is 18.4 Å². The van der Waals surface area contributed by atoms with Crippen LogP contribution in [0, 0.1) is 5.82 Å². The second-order valence-corrected chi connectivity index (χ2v) is 7.08. The summed E-state index contributed by atoms with van der Waals surface area (Å²) < 4.78 is 30.1. The molecule has 2 aliphatic rings. The third kappa shape index (κ3) is 3.73. The van der Waals surface area contributed by atoms with E-state index in [0.717, 1.165) is 51.1 Å². The fourth-order valence-corrected chi connectivity index (χ4v) is 3.42. The summed E-state index contributed by atoms with van der Waals surface area (Å²) in [7, 11) is 1.71. The number of methoxy groups -OCH3 is 1. The number of rotatable bonds is 7. The standard InChI is InChI=1S/C19H24FN3O3/c1-24-19(18-21-17(22-26-18)14-5-6-14)7-9-23(10-8-19)11-12-25-16-4-2-3-15(20)13-16/h2-4,13-14H,5-12H2,1H3. The van der Waals surface area contributed by atoms with Gasteiger partial charge in [-0.1, -0.05) is 11.2 Å². The molecule has 1 saturated heterocycles. The number of hydrogen-bond acceptors (Lipinski definition) is 6. The van der Waals surface area contributed by atoms with Crippen molar-refractivity contribution in [3.8, 4) is 5.75 Å². The summed E-state index contributed by atoms with van der Waals surface area (Å²) in [5.41, 5.74) is -0.486. The van der Waals surface area contributed by atoms with Crippen LogP contribution in [0.4, 0.5) is 4.39 Å². The summed E-state index contributed by atoms with van der Waals surface area (Å²) in [4.78, 5) is 6.91. The molecule has 1 aromatic heterocycles. The maximum atomic E-state index is 13.2. The largest absolute Gasteiger partial charge is 0.492 e. The van der Waals surface area contributed by atoms with Gasteiger partial charge in [-0.25, -0.2) is 4.39 Å². The van der Waals surface area contributed by atoms with Crippen molar-refractivity contribution in [2.45, 2.75) is 37.2 Å². The van der Waals surface area contributed by atoms with Gasteiger partial charge in [0.15, 0.2) is 5.82 Å². The first-order valence-corrected chi connectivity index (χ1v) is 9.18. The van der Waals surface area contributed by atoms with Gasteiger partial charge in [0.1, 0.15) is 23.8 Å². The van der Waals surface area contributed by atoms with Crippen LogP contribution in [0.1, 0.15) is 43.3 Å². The molecule has 1 aliphatic carbocycles. The number of ether oxygens (including phenoxy) is 2. The molecule has 1 saturated carbocycles. The van der Waals surface area contributed by atoms with E-state index in [1.807, 2.05) is 0 Å². The third-order valence-corrected chi connectivity index (χ3v) is 5.30. The lowest BCUT2D eigenvalue weighted by Gasteiger charge is -2.38. The van der Waals surface area contributed by atoms with E-state index in [0.29, 0.717) is 24.2 Å². The molecule has 6 nitrogen and oxygen atoms in total. The number of hydrogen-bond donors (Lipinski definition) is 0. The molecule has 0 bridgehead atoms. The number of benzene rings is 1. The van der Waals surface area contributed by atoms with E-state index in [-0.39, 0.29) is 5.82 Å². The van der Waals surface area contributed by atoms with E-state index < -0.39 is 5.60 Å². The van der Waals surface area contributed by atoms with Crippen LogP contribution >= 0.6 is 0 Å². The van der Waals surface area contributed by atoms with Crippen molar-refractivity contribution >= 4 is 0 Å². The molecule has 2 heterocycles. The van der Waals surface area contributed by atoms with Gasteiger partial charge < -0.3 is 14.0 Å². The molecule has 2 aromatic rings. The lowest BCUT2D eigenvalue weighted by atomic mass is 9.91. The number of piperidine rings is 1. The van der Waals surface area contributed by atoms with Crippen molar-refractivity contribution in [1.29, 1.82) is 0 Å². The Morgan fingerprint density at radius 2 is 2.12 bits per heavy atom. The van der Waals surface area contributed by atoms with Gasteiger partial charge in [0.05, 0.1) is 0 Å². The summed E-state index contributed by atoms with van der Waals surface area (Å²) in [6.07, 6.45) is 3.90. The average Bonchev–Trinajstić information content (AvgIpc) is 3.39. The van der Waals surface area contributed by atoms with Gasteiger partial charge in [-0.2, -0.15) is 4.98 Å². The molecule has 0 unspecified atom stereocenters. The van der Waals surface area contributed by atoms with Crippen LogP contribution in [0.25, 0.3) is 0 Å². The highest BCUT2D eigenvalue weighted by Gasteiger charge is 2.42. The molecule has 7 heteroatoms. The van der Waals surface area contributed by atoms with Gasteiger partial charge in [0, 0.05) is 38.7 Å². The second-order valence-electron chi connectivity index (χ2n) is 7.08. The SMILES string of the molecule is COC1(c2nc(C3CC3)no2)CCN(CCOc2cccc(F)c2)CC1. The Bertz CT molecular complexity index is 739. The normalized spacial score (nSPS) is 20.2. The minimum Gasteiger partial charge on any atom is -0.492 e. The van der Waals surface area contributed by atoms with E-state index in [2.05, 4.69) is 15.0 Å². The zero-order valence-electron chi connectivity index (χ0n) is 15.0. The molecule has 0 amide bonds. The summed E-state index contributed by atoms with van der Waals surface area (Å²) >= 11 is 0. The zero-order chi connectivity index (χ0) is 18.0. The van der Waals surface area contributed by atoms with E-state index in [1.54, 1.807) is 19.2 Å². The summed E-state index contributed by atoms with van der Waals surface area (Å²) in [5.74, 6) is 2.18. The highest BCUT2D eigenvalue weighted by Crippen LogP contribution is 2.41. The molecule has 26 heavy (non-hydrogen) atoms. The molecule has 140 valence electrons. The zero-order valence-corrected chi connectivity index (χ0v) is 15.0. The Labute approximate surface area is 152 Å². The molecule has 0 N–H and O–H groups in total. The third-order valence-electron chi connectivity index (χ3n) is 5.30. The summed E-state index contributed by atoms with van der Waals surface area (Å²) in [6, 6.07) is 6.23. The van der Waals surface area contributed by atoms with Gasteiger partial charge in [-0.15, -0.1) is 0 Å². The highest BCUT2D eigenvalue weighted by atomic mass is 19.1. The maximum Gasteiger partial charge on any atom is 0.258 e. The average molecular weight is 361 g/mol. The molecule has 4 rings (SSSR count). The Kier molecular flexibility index (Phi) is 4.91. The Hall–Kier alpha value is -1.99. The fourth-order valence-electron chi connectivity index (χ4n) is 3.42. The van der Waals surface area contributed by atoms with Crippen LogP contribution in [0.2, 0.25) is 0 Å². The highest BCUT2D eigenvalue weighted by molar-refractivity contribution is 5.22. The van der Waals surface area contributed by atoms with Gasteiger partial charge >= 0.3 is 0 Å². The van der Waals surface area contributed by atoms with Crippen LogP contribution in [0.3, 0.4) is 0 Å². The minimum absolute atomic E-state index is 0.282. The van der Waals surface area contributed by atoms with Crippen LogP contribution in [-0.2, 0) is 10.3 Å². The molecule has 0 radical (unpaired) electrons. The molecule has 1 aromatic carbocycles. The molecule has 0 spiro atoms. The number of aromatic nitrogens is 2. The number of halogens is 1. The smallest absolute Gasteiger partial charge is 0.258 e. The number of likely N-dealkylation sites (tertiary alicyclic amines) is 1. The Morgan fingerprint density at radius 3 is 2.81 bits per heavy atom. The van der Waals surface area contributed by atoms with Crippen LogP contribution in [0.15, 0.2) is 28.8 Å². The van der Waals surface area contributed by atoms with Gasteiger partial charge in [0.25, 0.3) is 5.89 Å². The summed E-state index contributed by atoms with van der Waals surface area (Å²) in [6.45, 7) is 3.03. The molecular formula is C19H24FN3O3. The second kappa shape index (κ2) is 7.32. The monoisotopic (exact) mass is 361 g/mol. The van der Waals surface area contributed by atoms with Crippen molar-refractivity contribution in [2.24, 2.45) is 0 Å². The minimum atomic E-state index is -0.486. The fraction of sp³-hybridized carbons (Fsp3) is 0.579. The van der Waals surface area contributed by atoms with E-state index in [9.17, 15) is 4.39 Å². The predicted octanol–water partition coefficient (Wildman–Crippen LogP) is 3.10. The first-order chi connectivity index (χ1) is 12.7. The van der Waals surface area contributed by atoms with E-state index in [1.165, 1.54) is 12.1 Å². The first-order valence-electron chi connectivity index (χ1n) is 9.18. The lowest BCUT2D eigenvalue weighted by Crippen LogP contribution is -2.45. The number of nitrogens with zero attached hydrogens (tertiary/aromatic N) is 3. The molecule has 2 fully saturated rings. The van der Waals surface area contributed by atoms with Crippen LogP contribution in [-0.4, -0.2) is 48.4 Å². The van der Waals surface area contributed by atoms with E-state index in [4.69, 9.17) is 14.0 Å². The topological polar surface area (TPSA) is 60.6 Å². The van der Waals surface area contributed by atoms with Crippen LogP contribution < -0.4 is 4.74 Å². The Balaban J connectivity index is 1.29. The van der Waals surface area contributed by atoms with E-state index >= 15 is 0 Å². The predicted molar refractivity (Wildman–Crippen MR) is 92.5 cm³/mol. The Morgan fingerprint density at radius 1 is 1.31 bits per heavy atom. The first kappa shape index (κ1) is 17.4. The van der Waals surface area contributed by atoms with Crippen molar-refractivity contribution in [3.05, 3.63) is 41.8 Å². The van der Waals surface area contributed by atoms with Crippen molar-refractivity contribution in [2.75, 3.05) is 33.4 Å². The van der Waals surface area contributed by atoms with Crippen LogP contribution in [0.5, 0.6) is 5.75 Å². The van der Waals surface area contributed by atoms with Crippen molar-refractivity contribution in [3.63, 3.8) is 0 Å². The van der Waals surface area contributed by atoms with Gasteiger partial charge in [0.2, 0.25) is 0 Å². The maximum absolute atomic E-state index is 13.2. The molecular weight excluding hydrogens is 337 g/mol. The quantitative estimate of drug-likeness (QED) is 0.755. The van der Waals surface area contributed by atoms with Crippen molar-refractivity contribution in [1.82, 2.24) is 15.0 Å². The van der Waals surface area contributed by atoms with Gasteiger partial charge in [-0.3, -0.25) is 4.90 Å². The lowest BCUT2D eigenvalue weighted by molar-refractivity contribution is -0.0835. The van der Waals surface area contributed by atoms with Gasteiger partial charge in [-0.05, 0) is 37.8 Å².